The van der Waals surface area contributed by atoms with Gasteiger partial charge < -0.3 is 9.63 Å². The summed E-state index contributed by atoms with van der Waals surface area (Å²) >= 11 is 0. The Bertz CT molecular complexity index is 610. The Morgan fingerprint density at radius 1 is 1.43 bits per heavy atom. The number of rotatable bonds is 7. The van der Waals surface area contributed by atoms with Gasteiger partial charge in [-0.05, 0) is 18.9 Å². The molecule has 2 N–H and O–H groups in total. The maximum absolute atomic E-state index is 11.1. The molecule has 0 aliphatic rings. The van der Waals surface area contributed by atoms with E-state index in [0.29, 0.717) is 18.1 Å². The van der Waals surface area contributed by atoms with Gasteiger partial charge in [-0.15, -0.1) is 0 Å². The fourth-order valence-electron chi connectivity index (χ4n) is 2.07. The van der Waals surface area contributed by atoms with Crippen molar-refractivity contribution in [3.63, 3.8) is 0 Å². The molecule has 0 amide bonds. The minimum atomic E-state index is -0.865. The topological polar surface area (TPSA) is 88.3 Å². The number of aryl methyl sites for hydroxylation is 1. The summed E-state index contributed by atoms with van der Waals surface area (Å²) in [4.78, 5) is 15.4. The number of aliphatic carboxylic acids is 1. The first-order valence-corrected chi connectivity index (χ1v) is 6.96. The first kappa shape index (κ1) is 15.2. The predicted molar refractivity (Wildman–Crippen MR) is 77.6 cm³/mol. The molecule has 0 fully saturated rings. The van der Waals surface area contributed by atoms with Crippen LogP contribution in [0.2, 0.25) is 0 Å². The van der Waals surface area contributed by atoms with Crippen molar-refractivity contribution in [3.05, 3.63) is 35.7 Å². The molecule has 6 nitrogen and oxygen atoms in total. The van der Waals surface area contributed by atoms with Crippen LogP contribution in [0.25, 0.3) is 11.4 Å². The van der Waals surface area contributed by atoms with E-state index in [1.54, 1.807) is 0 Å². The van der Waals surface area contributed by atoms with Crippen molar-refractivity contribution >= 4 is 5.97 Å². The number of hydrogen-bond acceptors (Lipinski definition) is 5. The van der Waals surface area contributed by atoms with Crippen LogP contribution < -0.4 is 5.32 Å². The maximum Gasteiger partial charge on any atom is 0.320 e. The zero-order chi connectivity index (χ0) is 15.2. The van der Waals surface area contributed by atoms with Gasteiger partial charge in [0.05, 0.1) is 6.54 Å². The Labute approximate surface area is 123 Å². The molecule has 1 atom stereocenters. The lowest BCUT2D eigenvalue weighted by molar-refractivity contribution is -0.139. The minimum Gasteiger partial charge on any atom is -0.480 e. The van der Waals surface area contributed by atoms with Crippen LogP contribution in [0.3, 0.4) is 0 Å². The molecule has 0 radical (unpaired) electrons. The van der Waals surface area contributed by atoms with Crippen LogP contribution in [0.1, 0.15) is 31.2 Å². The quantitative estimate of drug-likeness (QED) is 0.813. The third kappa shape index (κ3) is 3.88. The highest BCUT2D eigenvalue weighted by atomic mass is 16.5. The largest absolute Gasteiger partial charge is 0.480 e. The van der Waals surface area contributed by atoms with Gasteiger partial charge in [0.2, 0.25) is 11.7 Å². The van der Waals surface area contributed by atoms with Gasteiger partial charge in [0.25, 0.3) is 0 Å². The summed E-state index contributed by atoms with van der Waals surface area (Å²) in [6.07, 6.45) is 1.36. The normalized spacial score (nSPS) is 12.3. The molecule has 1 aromatic carbocycles. The summed E-state index contributed by atoms with van der Waals surface area (Å²) in [6.45, 7) is 4.17. The third-order valence-electron chi connectivity index (χ3n) is 3.23. The van der Waals surface area contributed by atoms with Gasteiger partial charge in [0, 0.05) is 5.56 Å². The molecule has 6 heteroatoms. The van der Waals surface area contributed by atoms with Crippen molar-refractivity contribution in [1.29, 1.82) is 0 Å². The Kier molecular flexibility index (Phi) is 5.05. The zero-order valence-electron chi connectivity index (χ0n) is 12.2. The number of carboxylic acid groups (broad SMARTS) is 1. The number of aromatic nitrogens is 2. The van der Waals surface area contributed by atoms with Crippen LogP contribution in [-0.4, -0.2) is 27.3 Å². The first-order chi connectivity index (χ1) is 10.1. The SMILES string of the molecule is CCCC(NCc1nc(-c2ccccc2C)no1)C(=O)O. The van der Waals surface area contributed by atoms with E-state index in [0.717, 1.165) is 17.5 Å². The van der Waals surface area contributed by atoms with Crippen LogP contribution in [-0.2, 0) is 11.3 Å². The summed E-state index contributed by atoms with van der Waals surface area (Å²) in [5.41, 5.74) is 1.98. The molecule has 0 spiro atoms. The van der Waals surface area contributed by atoms with E-state index < -0.39 is 12.0 Å². The molecule has 0 aliphatic heterocycles. The zero-order valence-corrected chi connectivity index (χ0v) is 12.2. The minimum absolute atomic E-state index is 0.246. The Morgan fingerprint density at radius 2 is 2.19 bits per heavy atom. The van der Waals surface area contributed by atoms with E-state index in [9.17, 15) is 4.79 Å². The lowest BCUT2D eigenvalue weighted by Gasteiger charge is -2.11. The molecule has 0 saturated carbocycles. The van der Waals surface area contributed by atoms with E-state index in [-0.39, 0.29) is 6.54 Å². The molecular formula is C15H19N3O3. The van der Waals surface area contributed by atoms with Gasteiger partial charge >= 0.3 is 5.97 Å². The van der Waals surface area contributed by atoms with E-state index in [1.165, 1.54) is 0 Å². The summed E-state index contributed by atoms with van der Waals surface area (Å²) in [6, 6.07) is 7.17. The average molecular weight is 289 g/mol. The van der Waals surface area contributed by atoms with E-state index in [4.69, 9.17) is 9.63 Å². The third-order valence-corrected chi connectivity index (χ3v) is 3.23. The van der Waals surface area contributed by atoms with Gasteiger partial charge in [-0.1, -0.05) is 42.8 Å². The molecule has 2 aromatic rings. The highest BCUT2D eigenvalue weighted by molar-refractivity contribution is 5.73. The second kappa shape index (κ2) is 6.99. The number of hydrogen-bond donors (Lipinski definition) is 2. The summed E-state index contributed by atoms with van der Waals surface area (Å²) in [5, 5.41) is 15.9. The number of nitrogens with one attached hydrogen (secondary N) is 1. The Hall–Kier alpha value is -2.21. The molecule has 1 aromatic heterocycles. The lowest BCUT2D eigenvalue weighted by Crippen LogP contribution is -2.36. The molecule has 112 valence electrons. The monoisotopic (exact) mass is 289 g/mol. The number of benzene rings is 1. The summed E-state index contributed by atoms with van der Waals surface area (Å²) in [7, 11) is 0. The van der Waals surface area contributed by atoms with Crippen LogP contribution in [0.5, 0.6) is 0 Å². The highest BCUT2D eigenvalue weighted by Crippen LogP contribution is 2.19. The van der Waals surface area contributed by atoms with Gasteiger partial charge in [0.15, 0.2) is 0 Å². The first-order valence-electron chi connectivity index (χ1n) is 6.96. The fraction of sp³-hybridized carbons (Fsp3) is 0.400. The summed E-state index contributed by atoms with van der Waals surface area (Å²) in [5.74, 6) is 0.0402. The van der Waals surface area contributed by atoms with Crippen molar-refractivity contribution < 1.29 is 14.4 Å². The number of carboxylic acids is 1. The van der Waals surface area contributed by atoms with Crippen molar-refractivity contribution in [1.82, 2.24) is 15.5 Å². The van der Waals surface area contributed by atoms with Gasteiger partial charge in [-0.3, -0.25) is 10.1 Å². The van der Waals surface area contributed by atoms with Crippen molar-refractivity contribution in [2.24, 2.45) is 0 Å². The lowest BCUT2D eigenvalue weighted by atomic mass is 10.1. The Balaban J connectivity index is 2.04. The van der Waals surface area contributed by atoms with Crippen molar-refractivity contribution in [3.8, 4) is 11.4 Å². The molecule has 0 saturated heterocycles. The van der Waals surface area contributed by atoms with Crippen LogP contribution in [0, 0.1) is 6.92 Å². The molecule has 0 aliphatic carbocycles. The Morgan fingerprint density at radius 3 is 2.86 bits per heavy atom. The van der Waals surface area contributed by atoms with Gasteiger partial charge in [0.1, 0.15) is 6.04 Å². The predicted octanol–water partition coefficient (Wildman–Crippen LogP) is 2.39. The van der Waals surface area contributed by atoms with Gasteiger partial charge in [-0.2, -0.15) is 4.98 Å². The van der Waals surface area contributed by atoms with Crippen LogP contribution in [0.15, 0.2) is 28.8 Å². The summed E-state index contributed by atoms with van der Waals surface area (Å²) < 4.78 is 5.17. The van der Waals surface area contributed by atoms with E-state index in [2.05, 4.69) is 15.5 Å². The van der Waals surface area contributed by atoms with E-state index >= 15 is 0 Å². The molecular weight excluding hydrogens is 270 g/mol. The van der Waals surface area contributed by atoms with Crippen molar-refractivity contribution in [2.45, 2.75) is 39.3 Å². The molecule has 2 rings (SSSR count). The highest BCUT2D eigenvalue weighted by Gasteiger charge is 2.17. The average Bonchev–Trinajstić information content (AvgIpc) is 2.92. The maximum atomic E-state index is 11.1. The second-order valence-electron chi connectivity index (χ2n) is 4.89. The molecule has 1 heterocycles. The number of carbonyl (C=O) groups is 1. The van der Waals surface area contributed by atoms with E-state index in [1.807, 2.05) is 38.1 Å². The fourth-order valence-corrected chi connectivity index (χ4v) is 2.07. The molecule has 0 bridgehead atoms. The number of nitrogens with zero attached hydrogens (tertiary/aromatic N) is 2. The van der Waals surface area contributed by atoms with Gasteiger partial charge in [-0.25, -0.2) is 0 Å². The second-order valence-corrected chi connectivity index (χ2v) is 4.89. The van der Waals surface area contributed by atoms with Crippen LogP contribution >= 0.6 is 0 Å². The smallest absolute Gasteiger partial charge is 0.320 e. The standard InChI is InChI=1S/C15H19N3O3/c1-3-6-12(15(19)20)16-9-13-17-14(18-21-13)11-8-5-4-7-10(11)2/h4-5,7-8,12,16H,3,6,9H2,1-2H3,(H,19,20). The van der Waals surface area contributed by atoms with Crippen LogP contribution in [0.4, 0.5) is 0 Å². The van der Waals surface area contributed by atoms with Crippen molar-refractivity contribution in [2.75, 3.05) is 0 Å². The molecule has 21 heavy (non-hydrogen) atoms. The molecule has 1 unspecified atom stereocenters.